The molecule has 2 aromatic rings. The van der Waals surface area contributed by atoms with Gasteiger partial charge in [-0.15, -0.1) is 0 Å². The van der Waals surface area contributed by atoms with E-state index >= 15 is 0 Å². The molecule has 0 heterocycles. The highest BCUT2D eigenvalue weighted by Crippen LogP contribution is 2.32. The Morgan fingerprint density at radius 2 is 1.95 bits per heavy atom. The van der Waals surface area contributed by atoms with Crippen molar-refractivity contribution in [3.63, 3.8) is 0 Å². The summed E-state index contributed by atoms with van der Waals surface area (Å²) >= 11 is 3.01. The van der Waals surface area contributed by atoms with E-state index in [1.165, 1.54) is 24.3 Å². The largest absolute Gasteiger partial charge is 0.455 e. The van der Waals surface area contributed by atoms with Gasteiger partial charge in [0.05, 0.1) is 15.1 Å². The molecule has 2 aromatic carbocycles. The van der Waals surface area contributed by atoms with Crippen LogP contribution >= 0.6 is 15.9 Å². The minimum Gasteiger partial charge on any atom is -0.455 e. The van der Waals surface area contributed by atoms with Crippen LogP contribution in [-0.2, 0) is 9.84 Å². The molecule has 0 aliphatic carbocycles. The fraction of sp³-hybridized carbons (Fsp3) is 0.0769. The molecule has 2 rings (SSSR count). The van der Waals surface area contributed by atoms with E-state index in [4.69, 9.17) is 10.5 Å². The van der Waals surface area contributed by atoms with Crippen LogP contribution in [0.15, 0.2) is 45.8 Å². The summed E-state index contributed by atoms with van der Waals surface area (Å²) in [7, 11) is -3.34. The highest BCUT2D eigenvalue weighted by Gasteiger charge is 2.11. The number of sulfone groups is 1. The van der Waals surface area contributed by atoms with Gasteiger partial charge in [-0.05, 0) is 40.2 Å². The van der Waals surface area contributed by atoms with E-state index in [1.54, 1.807) is 6.07 Å². The van der Waals surface area contributed by atoms with Crippen LogP contribution in [-0.4, -0.2) is 14.7 Å². The van der Waals surface area contributed by atoms with E-state index in [1.807, 2.05) is 0 Å². The molecule has 0 aliphatic heterocycles. The van der Waals surface area contributed by atoms with E-state index in [0.29, 0.717) is 0 Å². The van der Waals surface area contributed by atoms with Gasteiger partial charge in [-0.1, -0.05) is 6.07 Å². The lowest BCUT2D eigenvalue weighted by Gasteiger charge is -2.10. The molecule has 4 nitrogen and oxygen atoms in total. The van der Waals surface area contributed by atoms with Crippen LogP contribution in [0.2, 0.25) is 0 Å². The summed E-state index contributed by atoms with van der Waals surface area (Å²) < 4.78 is 42.0. The van der Waals surface area contributed by atoms with Gasteiger partial charge in [0, 0.05) is 12.3 Å². The van der Waals surface area contributed by atoms with Gasteiger partial charge in [-0.3, -0.25) is 0 Å². The lowest BCUT2D eigenvalue weighted by atomic mass is 10.3. The maximum atomic E-state index is 13.5. The number of anilines is 1. The summed E-state index contributed by atoms with van der Waals surface area (Å²) in [5.41, 5.74) is 5.96. The lowest BCUT2D eigenvalue weighted by Crippen LogP contribution is -1.98. The van der Waals surface area contributed by atoms with Crippen LogP contribution in [0.5, 0.6) is 11.5 Å². The number of benzene rings is 2. The fourth-order valence-corrected chi connectivity index (χ4v) is 2.54. The second kappa shape index (κ2) is 5.41. The molecule has 106 valence electrons. The Morgan fingerprint density at radius 3 is 2.60 bits per heavy atom. The third-order valence-corrected chi connectivity index (χ3v) is 4.23. The van der Waals surface area contributed by atoms with E-state index in [9.17, 15) is 12.8 Å². The molecule has 0 unspecified atom stereocenters. The molecule has 0 aliphatic rings. The van der Waals surface area contributed by atoms with Crippen LogP contribution in [0.1, 0.15) is 0 Å². The molecular weight excluding hydrogens is 349 g/mol. The molecule has 20 heavy (non-hydrogen) atoms. The first-order chi connectivity index (χ1) is 9.27. The van der Waals surface area contributed by atoms with Crippen molar-refractivity contribution in [1.29, 1.82) is 0 Å². The van der Waals surface area contributed by atoms with E-state index in [0.717, 1.165) is 12.3 Å². The molecule has 0 radical (unpaired) electrons. The topological polar surface area (TPSA) is 69.4 Å². The Labute approximate surface area is 124 Å². The minimum atomic E-state index is -3.34. The highest BCUT2D eigenvalue weighted by atomic mass is 79.9. The quantitative estimate of drug-likeness (QED) is 0.853. The maximum Gasteiger partial charge on any atom is 0.175 e. The summed E-state index contributed by atoms with van der Waals surface area (Å²) in [5, 5.41) is 0. The van der Waals surface area contributed by atoms with Crippen molar-refractivity contribution in [1.82, 2.24) is 0 Å². The lowest BCUT2D eigenvalue weighted by molar-refractivity contribution is 0.477. The molecule has 0 bridgehead atoms. The minimum absolute atomic E-state index is 0.117. The maximum absolute atomic E-state index is 13.5. The van der Waals surface area contributed by atoms with Crippen molar-refractivity contribution in [2.24, 2.45) is 0 Å². The van der Waals surface area contributed by atoms with Crippen molar-refractivity contribution < 1.29 is 17.5 Å². The number of nitrogens with two attached hydrogens (primary N) is 1. The van der Waals surface area contributed by atoms with E-state index in [-0.39, 0.29) is 26.6 Å². The molecule has 0 fully saturated rings. The number of hydrogen-bond donors (Lipinski definition) is 1. The van der Waals surface area contributed by atoms with Crippen LogP contribution in [0.4, 0.5) is 10.1 Å². The highest BCUT2D eigenvalue weighted by molar-refractivity contribution is 9.10. The first kappa shape index (κ1) is 14.8. The number of halogens is 2. The third-order valence-electron chi connectivity index (χ3n) is 2.51. The molecule has 0 amide bonds. The van der Waals surface area contributed by atoms with Gasteiger partial charge < -0.3 is 10.5 Å². The number of hydrogen-bond acceptors (Lipinski definition) is 4. The first-order valence-corrected chi connectivity index (χ1v) is 8.18. The average Bonchev–Trinajstić information content (AvgIpc) is 2.35. The summed E-state index contributed by atoms with van der Waals surface area (Å²) in [4.78, 5) is 0.117. The average molecular weight is 360 g/mol. The first-order valence-electron chi connectivity index (χ1n) is 5.50. The van der Waals surface area contributed by atoms with Crippen molar-refractivity contribution >= 4 is 31.5 Å². The Hall–Kier alpha value is -1.60. The molecule has 0 saturated carbocycles. The van der Waals surface area contributed by atoms with Crippen molar-refractivity contribution in [3.8, 4) is 11.5 Å². The van der Waals surface area contributed by atoms with Crippen molar-refractivity contribution in [2.45, 2.75) is 4.90 Å². The van der Waals surface area contributed by atoms with Gasteiger partial charge in [-0.25, -0.2) is 12.8 Å². The van der Waals surface area contributed by atoms with Crippen molar-refractivity contribution in [3.05, 3.63) is 46.7 Å². The van der Waals surface area contributed by atoms with Crippen LogP contribution in [0.25, 0.3) is 0 Å². The predicted octanol–water partition coefficient (Wildman–Crippen LogP) is 3.37. The SMILES string of the molecule is CS(=O)(=O)c1cccc(Oc2cc(F)c(Br)cc2N)c1. The Balaban J connectivity index is 2.38. The molecule has 2 N–H and O–H groups in total. The molecular formula is C13H11BrFNO3S. The molecule has 0 atom stereocenters. The zero-order valence-electron chi connectivity index (χ0n) is 10.4. The van der Waals surface area contributed by atoms with E-state index in [2.05, 4.69) is 15.9 Å². The monoisotopic (exact) mass is 359 g/mol. The van der Waals surface area contributed by atoms with Gasteiger partial charge in [0.15, 0.2) is 15.6 Å². The second-order valence-corrected chi connectivity index (χ2v) is 7.02. The standard InChI is InChI=1S/C13H11BrFNO3S/c1-20(17,18)9-4-2-3-8(5-9)19-13-7-11(15)10(14)6-12(13)16/h2-7H,16H2,1H3. The second-order valence-electron chi connectivity index (χ2n) is 4.15. The Kier molecular flexibility index (Phi) is 4.01. The molecule has 0 aromatic heterocycles. The predicted molar refractivity (Wildman–Crippen MR) is 78.1 cm³/mol. The number of nitrogen functional groups attached to an aromatic ring is 1. The van der Waals surface area contributed by atoms with Gasteiger partial charge in [-0.2, -0.15) is 0 Å². The molecule has 0 spiro atoms. The zero-order valence-corrected chi connectivity index (χ0v) is 12.8. The summed E-state index contributed by atoms with van der Waals surface area (Å²) in [6.45, 7) is 0. The van der Waals surface area contributed by atoms with Crippen LogP contribution in [0.3, 0.4) is 0 Å². The Morgan fingerprint density at radius 1 is 1.25 bits per heavy atom. The van der Waals surface area contributed by atoms with Gasteiger partial charge in [0.25, 0.3) is 0 Å². The normalized spacial score (nSPS) is 11.3. The summed E-state index contributed by atoms with van der Waals surface area (Å²) in [5.74, 6) is -0.133. The van der Waals surface area contributed by atoms with Crippen LogP contribution < -0.4 is 10.5 Å². The molecule has 7 heteroatoms. The fourth-order valence-electron chi connectivity index (χ4n) is 1.53. The third kappa shape index (κ3) is 3.29. The van der Waals surface area contributed by atoms with Crippen molar-refractivity contribution in [2.75, 3.05) is 12.0 Å². The van der Waals surface area contributed by atoms with E-state index < -0.39 is 15.7 Å². The number of ether oxygens (including phenoxy) is 1. The number of rotatable bonds is 3. The smallest absolute Gasteiger partial charge is 0.175 e. The van der Waals surface area contributed by atoms with Gasteiger partial charge in [0.1, 0.15) is 11.6 Å². The zero-order chi connectivity index (χ0) is 14.9. The molecule has 0 saturated heterocycles. The van der Waals surface area contributed by atoms with Gasteiger partial charge in [0.2, 0.25) is 0 Å². The summed E-state index contributed by atoms with van der Waals surface area (Å²) in [6, 6.07) is 8.42. The van der Waals surface area contributed by atoms with Gasteiger partial charge >= 0.3 is 0 Å². The summed E-state index contributed by atoms with van der Waals surface area (Å²) in [6.07, 6.45) is 1.10. The van der Waals surface area contributed by atoms with Crippen LogP contribution in [0, 0.1) is 5.82 Å². The Bertz CT molecular complexity index is 762.